The number of carbonyl (C=O) groups is 1. The van der Waals surface area contributed by atoms with Gasteiger partial charge in [-0.15, -0.1) is 0 Å². The van der Waals surface area contributed by atoms with Crippen LogP contribution in [0.2, 0.25) is 0 Å². The van der Waals surface area contributed by atoms with E-state index in [0.717, 1.165) is 25.9 Å². The van der Waals surface area contributed by atoms with Crippen LogP contribution in [0.25, 0.3) is 10.9 Å². The summed E-state index contributed by atoms with van der Waals surface area (Å²) in [7, 11) is 4.19. The van der Waals surface area contributed by atoms with Crippen molar-refractivity contribution >= 4 is 16.8 Å². The third-order valence-corrected chi connectivity index (χ3v) is 6.75. The van der Waals surface area contributed by atoms with Crippen LogP contribution in [0.1, 0.15) is 12.8 Å². The average molecular weight is 382 g/mol. The van der Waals surface area contributed by atoms with E-state index in [0.29, 0.717) is 35.4 Å². The molecule has 5 rings (SSSR count). The number of likely N-dealkylation sites (tertiary alicyclic amines) is 1. The number of benzene rings is 1. The molecule has 3 fully saturated rings. The summed E-state index contributed by atoms with van der Waals surface area (Å²) < 4.78 is 7.83. The van der Waals surface area contributed by atoms with Crippen molar-refractivity contribution in [2.75, 3.05) is 33.7 Å². The maximum Gasteiger partial charge on any atom is 0.261 e. The van der Waals surface area contributed by atoms with E-state index in [2.05, 4.69) is 24.0 Å². The van der Waals surface area contributed by atoms with Gasteiger partial charge >= 0.3 is 0 Å². The van der Waals surface area contributed by atoms with Gasteiger partial charge in [0.2, 0.25) is 5.91 Å². The second-order valence-corrected chi connectivity index (χ2v) is 8.76. The molecule has 1 amide bonds. The molecule has 3 aliphatic rings. The number of amides is 1. The zero-order chi connectivity index (χ0) is 19.5. The minimum absolute atomic E-state index is 0.0290. The van der Waals surface area contributed by atoms with Crippen molar-refractivity contribution < 1.29 is 9.53 Å². The van der Waals surface area contributed by atoms with Crippen molar-refractivity contribution in [2.24, 2.45) is 11.8 Å². The summed E-state index contributed by atoms with van der Waals surface area (Å²) in [5, 5.41) is 0.544. The number of fused-ring (bicyclic) bond motifs is 2. The third-order valence-electron chi connectivity index (χ3n) is 6.75. The molecule has 0 N–H and O–H groups in total. The highest BCUT2D eigenvalue weighted by Gasteiger charge is 2.63. The normalized spacial score (nSPS) is 31.1. The zero-order valence-corrected chi connectivity index (χ0v) is 16.4. The van der Waals surface area contributed by atoms with Gasteiger partial charge in [0.25, 0.3) is 5.56 Å². The molecule has 1 spiro atoms. The minimum atomic E-state index is -0.173. The van der Waals surface area contributed by atoms with Crippen molar-refractivity contribution in [1.82, 2.24) is 19.4 Å². The van der Waals surface area contributed by atoms with Gasteiger partial charge in [-0.2, -0.15) is 0 Å². The minimum Gasteiger partial charge on any atom is -0.369 e. The van der Waals surface area contributed by atoms with Crippen molar-refractivity contribution in [1.29, 1.82) is 0 Å². The highest BCUT2D eigenvalue weighted by atomic mass is 16.5. The van der Waals surface area contributed by atoms with Gasteiger partial charge in [-0.1, -0.05) is 12.1 Å². The molecule has 0 radical (unpaired) electrons. The van der Waals surface area contributed by atoms with Crippen LogP contribution in [0.3, 0.4) is 0 Å². The molecule has 28 heavy (non-hydrogen) atoms. The Labute approximate surface area is 163 Å². The first-order valence-corrected chi connectivity index (χ1v) is 10.0. The van der Waals surface area contributed by atoms with Gasteiger partial charge in [-0.3, -0.25) is 14.2 Å². The van der Waals surface area contributed by atoms with Gasteiger partial charge < -0.3 is 14.5 Å². The molecule has 148 valence electrons. The fourth-order valence-electron chi connectivity index (χ4n) is 5.51. The Hall–Kier alpha value is -2.25. The van der Waals surface area contributed by atoms with Crippen LogP contribution >= 0.6 is 0 Å². The average Bonchev–Trinajstić information content (AvgIpc) is 3.34. The Bertz CT molecular complexity index is 987. The molecule has 0 unspecified atom stereocenters. The number of hydrogen-bond donors (Lipinski definition) is 0. The van der Waals surface area contributed by atoms with E-state index in [9.17, 15) is 9.59 Å². The number of rotatable bonds is 4. The summed E-state index contributed by atoms with van der Waals surface area (Å²) in [4.78, 5) is 34.1. The van der Waals surface area contributed by atoms with Crippen molar-refractivity contribution in [3.05, 3.63) is 40.9 Å². The second kappa shape index (κ2) is 6.39. The summed E-state index contributed by atoms with van der Waals surface area (Å²) in [5.74, 6) is 0.842. The van der Waals surface area contributed by atoms with Gasteiger partial charge in [-0.05, 0) is 39.1 Å². The molecule has 4 atom stereocenters. The summed E-state index contributed by atoms with van der Waals surface area (Å²) >= 11 is 0. The van der Waals surface area contributed by atoms with Crippen LogP contribution in [-0.2, 0) is 16.1 Å². The van der Waals surface area contributed by atoms with Crippen LogP contribution in [0.15, 0.2) is 35.4 Å². The summed E-state index contributed by atoms with van der Waals surface area (Å²) in [6.07, 6.45) is 3.93. The predicted molar refractivity (Wildman–Crippen MR) is 105 cm³/mol. The Morgan fingerprint density at radius 3 is 3.00 bits per heavy atom. The lowest BCUT2D eigenvalue weighted by Gasteiger charge is -2.30. The van der Waals surface area contributed by atoms with E-state index >= 15 is 0 Å². The summed E-state index contributed by atoms with van der Waals surface area (Å²) in [5.41, 5.74) is 0.315. The van der Waals surface area contributed by atoms with E-state index in [-0.39, 0.29) is 23.6 Å². The SMILES string of the molecule is CN(C)C[C@H]1[C@@H]2CC[C@@]3(CN(C(=O)Cn4cnc5ccccc5c4=O)C[C@@H]13)O2. The first-order valence-electron chi connectivity index (χ1n) is 10.0. The van der Waals surface area contributed by atoms with E-state index < -0.39 is 0 Å². The molecule has 3 aliphatic heterocycles. The molecule has 3 saturated heterocycles. The molecule has 1 aromatic heterocycles. The van der Waals surface area contributed by atoms with Crippen molar-refractivity contribution in [3.8, 4) is 0 Å². The monoisotopic (exact) mass is 382 g/mol. The lowest BCUT2D eigenvalue weighted by Crippen LogP contribution is -2.40. The highest BCUT2D eigenvalue weighted by molar-refractivity contribution is 5.79. The first kappa shape index (κ1) is 17.8. The first-order chi connectivity index (χ1) is 13.5. The standard InChI is InChI=1S/C21H26N4O3/c1-23(2)9-15-16-10-24(12-21(16)8-7-18(15)28-21)19(26)11-25-13-22-17-6-4-3-5-14(17)20(25)27/h3-6,13,15-16,18H,7-12H2,1-2H3/t15-,16+,18+,21+/m1/s1. The summed E-state index contributed by atoms with van der Waals surface area (Å²) in [6.45, 7) is 2.39. The molecule has 1 aromatic carbocycles. The quantitative estimate of drug-likeness (QED) is 0.788. The molecule has 0 saturated carbocycles. The van der Waals surface area contributed by atoms with Crippen molar-refractivity contribution in [2.45, 2.75) is 31.1 Å². The van der Waals surface area contributed by atoms with Crippen LogP contribution in [0.4, 0.5) is 0 Å². The van der Waals surface area contributed by atoms with Gasteiger partial charge in [0.15, 0.2) is 0 Å². The number of aromatic nitrogens is 2. The van der Waals surface area contributed by atoms with E-state index in [1.165, 1.54) is 10.9 Å². The number of carbonyl (C=O) groups excluding carboxylic acids is 1. The van der Waals surface area contributed by atoms with Gasteiger partial charge in [0.1, 0.15) is 6.54 Å². The maximum absolute atomic E-state index is 13.0. The topological polar surface area (TPSA) is 67.7 Å². The Kier molecular flexibility index (Phi) is 4.07. The maximum atomic E-state index is 13.0. The van der Waals surface area contributed by atoms with Gasteiger partial charge in [-0.25, -0.2) is 4.98 Å². The highest BCUT2D eigenvalue weighted by Crippen LogP contribution is 2.54. The van der Waals surface area contributed by atoms with E-state index in [4.69, 9.17) is 4.74 Å². The molecule has 7 heteroatoms. The predicted octanol–water partition coefficient (Wildman–Crippen LogP) is 0.964. The zero-order valence-electron chi connectivity index (χ0n) is 16.4. The number of ether oxygens (including phenoxy) is 1. The molecular weight excluding hydrogens is 356 g/mol. The number of hydrogen-bond acceptors (Lipinski definition) is 5. The molecule has 4 heterocycles. The smallest absolute Gasteiger partial charge is 0.261 e. The number of para-hydroxylation sites is 1. The second-order valence-electron chi connectivity index (χ2n) is 8.76. The van der Waals surface area contributed by atoms with Crippen LogP contribution < -0.4 is 5.56 Å². The number of nitrogens with zero attached hydrogens (tertiary/aromatic N) is 4. The van der Waals surface area contributed by atoms with E-state index in [1.807, 2.05) is 23.1 Å². The lowest BCUT2D eigenvalue weighted by molar-refractivity contribution is -0.132. The van der Waals surface area contributed by atoms with E-state index in [1.54, 1.807) is 6.07 Å². The molecule has 2 bridgehead atoms. The van der Waals surface area contributed by atoms with Crippen LogP contribution in [-0.4, -0.2) is 70.7 Å². The third kappa shape index (κ3) is 2.68. The molecular formula is C21H26N4O3. The Morgan fingerprint density at radius 1 is 1.36 bits per heavy atom. The van der Waals surface area contributed by atoms with Gasteiger partial charge in [0, 0.05) is 24.9 Å². The molecule has 7 nitrogen and oxygen atoms in total. The molecule has 0 aliphatic carbocycles. The lowest BCUT2D eigenvalue weighted by atomic mass is 9.73. The Morgan fingerprint density at radius 2 is 2.18 bits per heavy atom. The largest absolute Gasteiger partial charge is 0.369 e. The van der Waals surface area contributed by atoms with Crippen LogP contribution in [0, 0.1) is 11.8 Å². The van der Waals surface area contributed by atoms with Gasteiger partial charge in [0.05, 0.1) is 35.5 Å². The molecule has 2 aromatic rings. The fraction of sp³-hybridized carbons (Fsp3) is 0.571. The Balaban J connectivity index is 1.35. The van der Waals surface area contributed by atoms with Crippen LogP contribution in [0.5, 0.6) is 0 Å². The summed E-state index contributed by atoms with van der Waals surface area (Å²) in [6, 6.07) is 7.23. The fourth-order valence-corrected chi connectivity index (χ4v) is 5.51. The van der Waals surface area contributed by atoms with Crippen molar-refractivity contribution in [3.63, 3.8) is 0 Å².